The van der Waals surface area contributed by atoms with Crippen LogP contribution >= 0.6 is 0 Å². The fourth-order valence-corrected chi connectivity index (χ4v) is 7.86. The Morgan fingerprint density at radius 2 is 1.35 bits per heavy atom. The van der Waals surface area contributed by atoms with Crippen LogP contribution in [0.4, 0.5) is 0 Å². The standard InChI is InChI=1S/C35H27NO3S/c1-23-18-20-26(21-19-23)40(38,39)36-32-17-8-7-15-28(32)31-22-30(25-10-3-2-4-11-25)33(34(31)35(36)37)29-16-9-13-24-12-5-6-14-27(24)29/h2-21,30,33H,22H2,1H3/t30-,33-/m0/s1. The van der Waals surface area contributed by atoms with E-state index in [2.05, 4.69) is 36.4 Å². The topological polar surface area (TPSA) is 56.1 Å². The van der Waals surface area contributed by atoms with Crippen molar-refractivity contribution in [2.24, 2.45) is 0 Å². The van der Waals surface area contributed by atoms with Crippen LogP contribution in [0.1, 0.15) is 39.7 Å². The van der Waals surface area contributed by atoms with Crippen molar-refractivity contribution in [1.82, 2.24) is 3.97 Å². The highest BCUT2D eigenvalue weighted by Crippen LogP contribution is 2.50. The van der Waals surface area contributed by atoms with E-state index in [0.29, 0.717) is 17.5 Å². The first kappa shape index (κ1) is 24.6. The van der Waals surface area contributed by atoms with Gasteiger partial charge in [0.05, 0.1) is 10.4 Å². The van der Waals surface area contributed by atoms with Gasteiger partial charge in [-0.3, -0.25) is 4.79 Å². The van der Waals surface area contributed by atoms with Gasteiger partial charge in [0.2, 0.25) is 0 Å². The number of para-hydroxylation sites is 1. The summed E-state index contributed by atoms with van der Waals surface area (Å²) in [4.78, 5) is 14.7. The average Bonchev–Trinajstić information content (AvgIpc) is 3.39. The molecule has 1 aliphatic rings. The lowest BCUT2D eigenvalue weighted by atomic mass is 9.80. The SMILES string of the molecule is Cc1ccc(S(=O)(=O)n2c(=O)c3c(c4ccccc42)C[C@@H](c2ccccc2)[C@@H]3c2cccc3ccccc23)cc1. The molecule has 5 aromatic carbocycles. The fourth-order valence-electron chi connectivity index (χ4n) is 6.44. The van der Waals surface area contributed by atoms with Crippen molar-refractivity contribution in [2.45, 2.75) is 30.1 Å². The van der Waals surface area contributed by atoms with Crippen molar-refractivity contribution >= 4 is 31.7 Å². The summed E-state index contributed by atoms with van der Waals surface area (Å²) in [7, 11) is -4.16. The molecule has 1 heterocycles. The van der Waals surface area contributed by atoms with Gasteiger partial charge in [0.15, 0.2) is 0 Å². The molecule has 4 nitrogen and oxygen atoms in total. The molecule has 0 aliphatic heterocycles. The Balaban J connectivity index is 1.58. The lowest BCUT2D eigenvalue weighted by Crippen LogP contribution is -2.32. The normalized spacial score (nSPS) is 16.8. The summed E-state index contributed by atoms with van der Waals surface area (Å²) >= 11 is 0. The van der Waals surface area contributed by atoms with E-state index in [1.165, 1.54) is 0 Å². The summed E-state index contributed by atoms with van der Waals surface area (Å²) in [5.41, 5.74) is 4.57. The van der Waals surface area contributed by atoms with Crippen LogP contribution in [0.3, 0.4) is 0 Å². The highest BCUT2D eigenvalue weighted by molar-refractivity contribution is 7.90. The summed E-state index contributed by atoms with van der Waals surface area (Å²) in [5, 5.41) is 2.97. The zero-order valence-corrected chi connectivity index (χ0v) is 22.8. The molecule has 196 valence electrons. The summed E-state index contributed by atoms with van der Waals surface area (Å²) in [6.45, 7) is 1.91. The molecule has 0 radical (unpaired) electrons. The predicted molar refractivity (Wildman–Crippen MR) is 161 cm³/mol. The second-order valence-electron chi connectivity index (χ2n) is 10.6. The first-order valence-corrected chi connectivity index (χ1v) is 14.9. The molecule has 6 aromatic rings. The maximum absolute atomic E-state index is 14.6. The second-order valence-corrected chi connectivity index (χ2v) is 12.4. The minimum atomic E-state index is -4.16. The maximum Gasteiger partial charge on any atom is 0.271 e. The number of aryl methyl sites for hydroxylation is 1. The van der Waals surface area contributed by atoms with Crippen LogP contribution in [0, 0.1) is 6.92 Å². The molecule has 0 amide bonds. The zero-order valence-electron chi connectivity index (χ0n) is 22.0. The predicted octanol–water partition coefficient (Wildman–Crippen LogP) is 7.17. The van der Waals surface area contributed by atoms with Crippen LogP contribution in [0.15, 0.2) is 131 Å². The van der Waals surface area contributed by atoms with E-state index in [0.717, 1.165) is 42.4 Å². The van der Waals surface area contributed by atoms with Gasteiger partial charge in [0.25, 0.3) is 15.6 Å². The van der Waals surface area contributed by atoms with Crippen LogP contribution in [0.25, 0.3) is 21.7 Å². The van der Waals surface area contributed by atoms with Gasteiger partial charge in [-0.2, -0.15) is 3.97 Å². The number of fused-ring (bicyclic) bond motifs is 4. The summed E-state index contributed by atoms with van der Waals surface area (Å²) < 4.78 is 29.3. The van der Waals surface area contributed by atoms with Crippen LogP contribution < -0.4 is 5.56 Å². The Hall–Kier alpha value is -4.48. The van der Waals surface area contributed by atoms with Gasteiger partial charge >= 0.3 is 0 Å². The monoisotopic (exact) mass is 541 g/mol. The number of hydrogen-bond donors (Lipinski definition) is 0. The minimum Gasteiger partial charge on any atom is -0.268 e. The van der Waals surface area contributed by atoms with Crippen molar-refractivity contribution < 1.29 is 8.42 Å². The van der Waals surface area contributed by atoms with E-state index < -0.39 is 15.6 Å². The molecule has 1 aliphatic carbocycles. The highest BCUT2D eigenvalue weighted by atomic mass is 32.2. The number of rotatable bonds is 4. The van der Waals surface area contributed by atoms with Crippen molar-refractivity contribution in [3.63, 3.8) is 0 Å². The Morgan fingerprint density at radius 1 is 0.700 bits per heavy atom. The first-order chi connectivity index (χ1) is 19.4. The summed E-state index contributed by atoms with van der Waals surface area (Å²) in [5.74, 6) is -0.323. The number of benzene rings is 5. The average molecular weight is 542 g/mol. The van der Waals surface area contributed by atoms with Crippen molar-refractivity contribution in [2.75, 3.05) is 0 Å². The van der Waals surface area contributed by atoms with Crippen molar-refractivity contribution in [3.8, 4) is 0 Å². The Morgan fingerprint density at radius 3 is 2.12 bits per heavy atom. The molecular formula is C35H27NO3S. The first-order valence-electron chi connectivity index (χ1n) is 13.5. The van der Waals surface area contributed by atoms with Crippen LogP contribution in [0.5, 0.6) is 0 Å². The quantitative estimate of drug-likeness (QED) is 0.238. The molecule has 0 fully saturated rings. The van der Waals surface area contributed by atoms with Gasteiger partial charge in [-0.05, 0) is 64.9 Å². The minimum absolute atomic E-state index is 0.0176. The molecule has 0 N–H and O–H groups in total. The second kappa shape index (κ2) is 9.32. The third kappa shape index (κ3) is 3.73. The Kier molecular flexibility index (Phi) is 5.72. The lowest BCUT2D eigenvalue weighted by molar-refractivity contribution is 0.586. The Bertz CT molecular complexity index is 2070. The Labute approximate surface area is 233 Å². The number of aromatic nitrogens is 1. The molecule has 1 aromatic heterocycles. The van der Waals surface area contributed by atoms with Gasteiger partial charge in [-0.25, -0.2) is 8.42 Å². The summed E-state index contributed by atoms with van der Waals surface area (Å²) in [6.07, 6.45) is 0.647. The highest BCUT2D eigenvalue weighted by Gasteiger charge is 2.40. The van der Waals surface area contributed by atoms with Crippen LogP contribution in [-0.2, 0) is 16.4 Å². The smallest absolute Gasteiger partial charge is 0.268 e. The van der Waals surface area contributed by atoms with Crippen LogP contribution in [-0.4, -0.2) is 12.4 Å². The van der Waals surface area contributed by atoms with Gasteiger partial charge < -0.3 is 0 Å². The fraction of sp³-hybridized carbons (Fsp3) is 0.114. The molecule has 5 heteroatoms. The number of pyridine rings is 1. The molecule has 0 unspecified atom stereocenters. The van der Waals surface area contributed by atoms with Gasteiger partial charge in [-0.1, -0.05) is 109 Å². The van der Waals surface area contributed by atoms with E-state index in [1.807, 2.05) is 55.5 Å². The molecule has 2 atom stereocenters. The van der Waals surface area contributed by atoms with Crippen molar-refractivity contribution in [1.29, 1.82) is 0 Å². The third-order valence-corrected chi connectivity index (χ3v) is 9.98. The third-order valence-electron chi connectivity index (χ3n) is 8.27. The van der Waals surface area contributed by atoms with Gasteiger partial charge in [0, 0.05) is 16.9 Å². The number of hydrogen-bond acceptors (Lipinski definition) is 3. The van der Waals surface area contributed by atoms with E-state index in [4.69, 9.17) is 0 Å². The van der Waals surface area contributed by atoms with E-state index in [9.17, 15) is 13.2 Å². The van der Waals surface area contributed by atoms with Gasteiger partial charge in [-0.15, -0.1) is 0 Å². The number of nitrogens with zero attached hydrogens (tertiary/aromatic N) is 1. The molecule has 0 saturated carbocycles. The largest absolute Gasteiger partial charge is 0.271 e. The maximum atomic E-state index is 14.6. The molecule has 0 saturated heterocycles. The molecule has 0 spiro atoms. The van der Waals surface area contributed by atoms with Crippen molar-refractivity contribution in [3.05, 3.63) is 159 Å². The molecule has 40 heavy (non-hydrogen) atoms. The zero-order chi connectivity index (χ0) is 27.4. The van der Waals surface area contributed by atoms with E-state index >= 15 is 0 Å². The summed E-state index contributed by atoms with van der Waals surface area (Å²) in [6, 6.07) is 38.7. The lowest BCUT2D eigenvalue weighted by Gasteiger charge is -2.23. The van der Waals surface area contributed by atoms with E-state index in [1.54, 1.807) is 36.4 Å². The molecular weight excluding hydrogens is 514 g/mol. The van der Waals surface area contributed by atoms with Gasteiger partial charge in [0.1, 0.15) is 0 Å². The molecule has 7 rings (SSSR count). The molecule has 0 bridgehead atoms. The van der Waals surface area contributed by atoms with Crippen LogP contribution in [0.2, 0.25) is 0 Å². The van der Waals surface area contributed by atoms with E-state index in [-0.39, 0.29) is 16.7 Å².